The maximum Gasteiger partial charge on any atom is 0.228 e. The SMILES string of the molecule is CC1CCCC(C)N1C(=O)C1CC(=O)N(c2cccnc2)C1. The molecule has 0 aromatic carbocycles. The third kappa shape index (κ3) is 2.72. The number of aromatic nitrogens is 1. The third-order valence-electron chi connectivity index (χ3n) is 4.88. The summed E-state index contributed by atoms with van der Waals surface area (Å²) in [4.78, 5) is 32.9. The molecule has 22 heavy (non-hydrogen) atoms. The van der Waals surface area contributed by atoms with Crippen molar-refractivity contribution in [2.75, 3.05) is 11.4 Å². The number of anilines is 1. The van der Waals surface area contributed by atoms with Gasteiger partial charge in [0, 0.05) is 31.2 Å². The number of amides is 2. The number of carbonyl (C=O) groups excluding carboxylic acids is 2. The average molecular weight is 301 g/mol. The molecule has 0 bridgehead atoms. The van der Waals surface area contributed by atoms with Gasteiger partial charge in [-0.3, -0.25) is 14.6 Å². The van der Waals surface area contributed by atoms with Crippen molar-refractivity contribution in [1.82, 2.24) is 9.88 Å². The standard InChI is InChI=1S/C17H23N3O2/c1-12-5-3-6-13(2)20(12)17(22)14-9-16(21)19(11-14)15-7-4-8-18-10-15/h4,7-8,10,12-14H,3,5-6,9,11H2,1-2H3. The Balaban J connectivity index is 1.74. The first-order valence-corrected chi connectivity index (χ1v) is 8.10. The molecule has 5 heteroatoms. The number of likely N-dealkylation sites (tertiary alicyclic amines) is 1. The van der Waals surface area contributed by atoms with Crippen LogP contribution in [0.5, 0.6) is 0 Å². The lowest BCUT2D eigenvalue weighted by atomic mass is 9.94. The number of rotatable bonds is 2. The molecule has 3 rings (SSSR count). The molecule has 0 saturated carbocycles. The molecule has 3 unspecified atom stereocenters. The highest BCUT2D eigenvalue weighted by Crippen LogP contribution is 2.30. The van der Waals surface area contributed by atoms with E-state index in [0.717, 1.165) is 18.5 Å². The van der Waals surface area contributed by atoms with Gasteiger partial charge in [-0.15, -0.1) is 0 Å². The Morgan fingerprint density at radius 3 is 2.64 bits per heavy atom. The minimum atomic E-state index is -0.226. The molecule has 0 spiro atoms. The van der Waals surface area contributed by atoms with Gasteiger partial charge in [0.15, 0.2) is 0 Å². The quantitative estimate of drug-likeness (QED) is 0.841. The van der Waals surface area contributed by atoms with Gasteiger partial charge in [0.1, 0.15) is 0 Å². The molecule has 118 valence electrons. The number of nitrogens with zero attached hydrogens (tertiary/aromatic N) is 3. The van der Waals surface area contributed by atoms with Crippen molar-refractivity contribution in [3.8, 4) is 0 Å². The van der Waals surface area contributed by atoms with Gasteiger partial charge in [0.2, 0.25) is 11.8 Å². The zero-order chi connectivity index (χ0) is 15.7. The van der Waals surface area contributed by atoms with E-state index in [9.17, 15) is 9.59 Å². The summed E-state index contributed by atoms with van der Waals surface area (Å²) in [6.45, 7) is 4.70. The number of pyridine rings is 1. The topological polar surface area (TPSA) is 53.5 Å². The molecular weight excluding hydrogens is 278 g/mol. The molecule has 2 aliphatic rings. The number of piperidine rings is 1. The summed E-state index contributed by atoms with van der Waals surface area (Å²) in [5.74, 6) is -0.0705. The summed E-state index contributed by atoms with van der Waals surface area (Å²) in [5, 5.41) is 0. The van der Waals surface area contributed by atoms with Crippen LogP contribution in [0.3, 0.4) is 0 Å². The van der Waals surface area contributed by atoms with E-state index in [1.807, 2.05) is 17.0 Å². The van der Waals surface area contributed by atoms with Gasteiger partial charge in [-0.1, -0.05) is 0 Å². The second-order valence-corrected chi connectivity index (χ2v) is 6.49. The van der Waals surface area contributed by atoms with Crippen molar-refractivity contribution in [3.63, 3.8) is 0 Å². The first kappa shape index (κ1) is 15.0. The van der Waals surface area contributed by atoms with E-state index >= 15 is 0 Å². The van der Waals surface area contributed by atoms with Crippen molar-refractivity contribution in [3.05, 3.63) is 24.5 Å². The first-order chi connectivity index (χ1) is 10.6. The largest absolute Gasteiger partial charge is 0.337 e. The molecular formula is C17H23N3O2. The molecule has 0 N–H and O–H groups in total. The summed E-state index contributed by atoms with van der Waals surface area (Å²) >= 11 is 0. The molecule has 2 fully saturated rings. The number of hydrogen-bond acceptors (Lipinski definition) is 3. The van der Waals surface area contributed by atoms with E-state index in [0.29, 0.717) is 13.0 Å². The van der Waals surface area contributed by atoms with Crippen LogP contribution in [0.15, 0.2) is 24.5 Å². The lowest BCUT2D eigenvalue weighted by molar-refractivity contribution is -0.141. The highest BCUT2D eigenvalue weighted by atomic mass is 16.2. The Hall–Kier alpha value is -1.91. The van der Waals surface area contributed by atoms with Crippen LogP contribution in [-0.2, 0) is 9.59 Å². The predicted octanol–water partition coefficient (Wildman–Crippen LogP) is 2.22. The smallest absolute Gasteiger partial charge is 0.228 e. The van der Waals surface area contributed by atoms with Gasteiger partial charge in [-0.05, 0) is 45.2 Å². The van der Waals surface area contributed by atoms with Crippen LogP contribution < -0.4 is 4.90 Å². The van der Waals surface area contributed by atoms with E-state index < -0.39 is 0 Å². The Morgan fingerprint density at radius 1 is 1.27 bits per heavy atom. The molecule has 0 aliphatic carbocycles. The number of hydrogen-bond donors (Lipinski definition) is 0. The molecule has 2 saturated heterocycles. The second kappa shape index (κ2) is 6.07. The van der Waals surface area contributed by atoms with E-state index in [1.54, 1.807) is 17.3 Å². The highest BCUT2D eigenvalue weighted by molar-refractivity contribution is 6.00. The summed E-state index contributed by atoms with van der Waals surface area (Å²) < 4.78 is 0. The van der Waals surface area contributed by atoms with Crippen molar-refractivity contribution < 1.29 is 9.59 Å². The summed E-state index contributed by atoms with van der Waals surface area (Å²) in [5.41, 5.74) is 0.780. The Labute approximate surface area is 131 Å². The molecule has 2 amide bonds. The lowest BCUT2D eigenvalue weighted by Crippen LogP contribution is -2.50. The van der Waals surface area contributed by atoms with Gasteiger partial charge in [-0.25, -0.2) is 0 Å². The minimum Gasteiger partial charge on any atom is -0.337 e. The lowest BCUT2D eigenvalue weighted by Gasteiger charge is -2.40. The van der Waals surface area contributed by atoms with E-state index in [4.69, 9.17) is 0 Å². The van der Waals surface area contributed by atoms with E-state index in [1.165, 1.54) is 6.42 Å². The van der Waals surface area contributed by atoms with Crippen molar-refractivity contribution in [2.24, 2.45) is 5.92 Å². The van der Waals surface area contributed by atoms with Crippen LogP contribution in [0.1, 0.15) is 39.5 Å². The van der Waals surface area contributed by atoms with Crippen LogP contribution in [0, 0.1) is 5.92 Å². The molecule has 5 nitrogen and oxygen atoms in total. The predicted molar refractivity (Wildman–Crippen MR) is 84.3 cm³/mol. The van der Waals surface area contributed by atoms with Gasteiger partial charge in [0.05, 0.1) is 17.8 Å². The van der Waals surface area contributed by atoms with Crippen LogP contribution in [0.25, 0.3) is 0 Å². The van der Waals surface area contributed by atoms with E-state index in [2.05, 4.69) is 18.8 Å². The van der Waals surface area contributed by atoms with Crippen LogP contribution >= 0.6 is 0 Å². The summed E-state index contributed by atoms with van der Waals surface area (Å²) in [7, 11) is 0. The maximum absolute atomic E-state index is 12.9. The summed E-state index contributed by atoms with van der Waals surface area (Å²) in [6.07, 6.45) is 6.97. The van der Waals surface area contributed by atoms with Gasteiger partial charge < -0.3 is 9.80 Å². The van der Waals surface area contributed by atoms with Gasteiger partial charge >= 0.3 is 0 Å². The third-order valence-corrected chi connectivity index (χ3v) is 4.88. The maximum atomic E-state index is 12.9. The average Bonchev–Trinajstić information content (AvgIpc) is 2.90. The Morgan fingerprint density at radius 2 is 2.00 bits per heavy atom. The fourth-order valence-electron chi connectivity index (χ4n) is 3.70. The fraction of sp³-hybridized carbons (Fsp3) is 0.588. The van der Waals surface area contributed by atoms with Crippen molar-refractivity contribution in [1.29, 1.82) is 0 Å². The van der Waals surface area contributed by atoms with Crippen LogP contribution in [0.4, 0.5) is 5.69 Å². The second-order valence-electron chi connectivity index (χ2n) is 6.49. The van der Waals surface area contributed by atoms with Crippen LogP contribution in [-0.4, -0.2) is 40.3 Å². The molecule has 0 radical (unpaired) electrons. The van der Waals surface area contributed by atoms with Gasteiger partial charge in [-0.2, -0.15) is 0 Å². The zero-order valence-electron chi connectivity index (χ0n) is 13.2. The van der Waals surface area contributed by atoms with Gasteiger partial charge in [0.25, 0.3) is 0 Å². The molecule has 1 aromatic heterocycles. The van der Waals surface area contributed by atoms with E-state index in [-0.39, 0.29) is 29.8 Å². The summed E-state index contributed by atoms with van der Waals surface area (Å²) in [6, 6.07) is 4.23. The normalized spacial score (nSPS) is 29.0. The fourth-order valence-corrected chi connectivity index (χ4v) is 3.70. The zero-order valence-corrected chi connectivity index (χ0v) is 13.2. The minimum absolute atomic E-state index is 0.0173. The molecule has 3 atom stereocenters. The molecule has 2 aliphatic heterocycles. The van der Waals surface area contributed by atoms with Crippen molar-refractivity contribution >= 4 is 17.5 Å². The van der Waals surface area contributed by atoms with Crippen molar-refractivity contribution in [2.45, 2.75) is 51.6 Å². The highest BCUT2D eigenvalue weighted by Gasteiger charge is 2.40. The molecule has 3 heterocycles. The Bertz CT molecular complexity index is 550. The number of carbonyl (C=O) groups is 2. The monoisotopic (exact) mass is 301 g/mol. The first-order valence-electron chi connectivity index (χ1n) is 8.10. The Kier molecular flexibility index (Phi) is 4.14. The van der Waals surface area contributed by atoms with Crippen LogP contribution in [0.2, 0.25) is 0 Å². The molecule has 1 aromatic rings.